The van der Waals surface area contributed by atoms with Crippen LogP contribution in [0.2, 0.25) is 0 Å². The third-order valence-electron chi connectivity index (χ3n) is 7.07. The van der Waals surface area contributed by atoms with Crippen LogP contribution in [0.3, 0.4) is 0 Å². The average Bonchev–Trinajstić information content (AvgIpc) is 3.50. The Bertz CT molecular complexity index is 1910. The summed E-state index contributed by atoms with van der Waals surface area (Å²) >= 11 is 3.53. The van der Waals surface area contributed by atoms with Crippen molar-refractivity contribution in [3.05, 3.63) is 118 Å². The predicted octanol–water partition coefficient (Wildman–Crippen LogP) is 5.36. The zero-order valence-corrected chi connectivity index (χ0v) is 24.4. The lowest BCUT2D eigenvalue weighted by atomic mass is 9.80. The summed E-state index contributed by atoms with van der Waals surface area (Å²) in [5.74, 6) is 0.779. The van der Waals surface area contributed by atoms with Gasteiger partial charge in [-0.15, -0.1) is 0 Å². The predicted molar refractivity (Wildman–Crippen MR) is 171 cm³/mol. The number of aromatic nitrogens is 2. The van der Waals surface area contributed by atoms with E-state index in [9.17, 15) is 10.0 Å². The second-order valence-corrected chi connectivity index (χ2v) is 11.9. The molecule has 6 aromatic rings. The zero-order valence-electron chi connectivity index (χ0n) is 22.8. The monoisotopic (exact) mass is 576 g/mol. The van der Waals surface area contributed by atoms with Crippen LogP contribution >= 0.6 is 22.7 Å². The van der Waals surface area contributed by atoms with E-state index in [-0.39, 0.29) is 0 Å². The van der Waals surface area contributed by atoms with Gasteiger partial charge in [-0.3, -0.25) is 0 Å². The van der Waals surface area contributed by atoms with Crippen LogP contribution < -0.4 is 19.3 Å². The lowest BCUT2D eigenvalue weighted by Crippen LogP contribution is -2.29. The first-order valence-electron chi connectivity index (χ1n) is 13.3. The Morgan fingerprint density at radius 1 is 0.707 bits per heavy atom. The summed E-state index contributed by atoms with van der Waals surface area (Å²) in [5.41, 5.74) is 5.89. The number of nitrogens with zero attached hydrogens (tertiary/aromatic N) is 2. The van der Waals surface area contributed by atoms with Crippen molar-refractivity contribution >= 4 is 80.0 Å². The molecule has 0 aliphatic carbocycles. The zero-order chi connectivity index (χ0) is 28.3. The average molecular weight is 577 g/mol. The van der Waals surface area contributed by atoms with Crippen LogP contribution in [-0.2, 0) is 20.7 Å². The molecule has 5 nitrogen and oxygen atoms in total. The molecule has 0 aliphatic heterocycles. The Kier molecular flexibility index (Phi) is 7.81. The fourth-order valence-corrected chi connectivity index (χ4v) is 6.85. The molecule has 0 bridgehead atoms. The number of thiazole rings is 2. The SMILES string of the molecule is C[n+]1c(/C=C/c2ccc(OCc3ccc(B(O)O)cc3)c(/C=C/c3sc4ccccc4[n+]3C)c2)sc2ccccc21. The first kappa shape index (κ1) is 27.1. The second kappa shape index (κ2) is 11.8. The van der Waals surface area contributed by atoms with Crippen molar-refractivity contribution < 1.29 is 23.9 Å². The maximum absolute atomic E-state index is 9.38. The van der Waals surface area contributed by atoms with Crippen LogP contribution in [0.4, 0.5) is 0 Å². The van der Waals surface area contributed by atoms with Gasteiger partial charge in [0.1, 0.15) is 35.9 Å². The molecule has 0 aliphatic rings. The number of para-hydroxylation sites is 2. The standard InChI is InChI=1S/C33H29BN2O3S2/c1-35-27-7-3-5-9-30(27)40-32(35)19-14-23-13-18-29(39-22-24-11-16-26(17-12-24)34(37)38)25(21-23)15-20-33-36(2)28-8-4-6-10-31(28)41-33/h3-21,37-38H,22H2,1-2H3/q+2/b19-14+,20-15+. The van der Waals surface area contributed by atoms with Gasteiger partial charge in [0.05, 0.1) is 0 Å². The lowest BCUT2D eigenvalue weighted by Gasteiger charge is -2.11. The van der Waals surface area contributed by atoms with Crippen molar-refractivity contribution in [2.24, 2.45) is 14.1 Å². The molecule has 4 aromatic carbocycles. The maximum atomic E-state index is 9.38. The molecule has 0 saturated heterocycles. The molecule has 2 heterocycles. The van der Waals surface area contributed by atoms with Gasteiger partial charge >= 0.3 is 7.12 Å². The van der Waals surface area contributed by atoms with Gasteiger partial charge in [-0.2, -0.15) is 9.13 Å². The van der Waals surface area contributed by atoms with E-state index >= 15 is 0 Å². The Hall–Kier alpha value is -4.08. The first-order valence-corrected chi connectivity index (χ1v) is 14.9. The highest BCUT2D eigenvalue weighted by Crippen LogP contribution is 2.27. The molecule has 6 rings (SSSR count). The molecule has 2 aromatic heterocycles. The smallest absolute Gasteiger partial charge is 0.488 e. The first-order chi connectivity index (χ1) is 20.0. The third-order valence-corrected chi connectivity index (χ3v) is 9.44. The lowest BCUT2D eigenvalue weighted by molar-refractivity contribution is -0.642. The van der Waals surface area contributed by atoms with Gasteiger partial charge < -0.3 is 14.8 Å². The highest BCUT2D eigenvalue weighted by molar-refractivity contribution is 7.19. The fraction of sp³-hybridized carbons (Fsp3) is 0.0909. The Labute approximate surface area is 247 Å². The Morgan fingerprint density at radius 2 is 1.29 bits per heavy atom. The van der Waals surface area contributed by atoms with Crippen LogP contribution in [0, 0.1) is 0 Å². The molecule has 0 unspecified atom stereocenters. The number of benzene rings is 4. The molecule has 2 N–H and O–H groups in total. The van der Waals surface area contributed by atoms with Crippen molar-refractivity contribution in [1.29, 1.82) is 0 Å². The van der Waals surface area contributed by atoms with Gasteiger partial charge in [0, 0.05) is 29.8 Å². The van der Waals surface area contributed by atoms with Crippen LogP contribution in [-0.4, -0.2) is 17.2 Å². The van der Waals surface area contributed by atoms with Crippen LogP contribution in [0.1, 0.15) is 26.7 Å². The van der Waals surface area contributed by atoms with Crippen molar-refractivity contribution in [3.63, 3.8) is 0 Å². The Balaban J connectivity index is 1.31. The fourth-order valence-electron chi connectivity index (χ4n) is 4.74. The van der Waals surface area contributed by atoms with Crippen molar-refractivity contribution in [1.82, 2.24) is 0 Å². The summed E-state index contributed by atoms with van der Waals surface area (Å²) in [7, 11) is 2.71. The minimum Gasteiger partial charge on any atom is -0.488 e. The summed E-state index contributed by atoms with van der Waals surface area (Å²) in [4.78, 5) is 0. The number of fused-ring (bicyclic) bond motifs is 2. The normalized spacial score (nSPS) is 11.8. The molecule has 0 saturated carbocycles. The van der Waals surface area contributed by atoms with Crippen LogP contribution in [0.25, 0.3) is 44.7 Å². The third kappa shape index (κ3) is 5.87. The van der Waals surface area contributed by atoms with Gasteiger partial charge in [0.15, 0.2) is 0 Å². The highest BCUT2D eigenvalue weighted by atomic mass is 32.1. The molecular formula is C33H29BN2O3S2+2. The number of rotatable bonds is 8. The van der Waals surface area contributed by atoms with Crippen molar-refractivity contribution in [2.45, 2.75) is 6.61 Å². The number of hydrogen-bond acceptors (Lipinski definition) is 5. The summed E-state index contributed by atoms with van der Waals surface area (Å²) in [5, 5.41) is 21.1. The second-order valence-electron chi connectivity index (χ2n) is 9.80. The van der Waals surface area contributed by atoms with Crippen LogP contribution in [0.15, 0.2) is 91.0 Å². The summed E-state index contributed by atoms with van der Waals surface area (Å²) in [6.07, 6.45) is 8.56. The maximum Gasteiger partial charge on any atom is 0.488 e. The van der Waals surface area contributed by atoms with Gasteiger partial charge in [-0.05, 0) is 53.0 Å². The molecular weight excluding hydrogens is 547 g/mol. The molecule has 0 spiro atoms. The van der Waals surface area contributed by atoms with Gasteiger partial charge in [0.25, 0.3) is 10.0 Å². The minimum atomic E-state index is -1.48. The van der Waals surface area contributed by atoms with E-state index in [4.69, 9.17) is 4.74 Å². The van der Waals surface area contributed by atoms with Crippen LogP contribution in [0.5, 0.6) is 5.75 Å². The van der Waals surface area contributed by atoms with E-state index in [2.05, 4.69) is 108 Å². The molecule has 0 fully saturated rings. The van der Waals surface area contributed by atoms with Gasteiger partial charge in [0.2, 0.25) is 11.0 Å². The molecule has 0 atom stereocenters. The van der Waals surface area contributed by atoms with E-state index in [1.165, 1.54) is 25.4 Å². The highest BCUT2D eigenvalue weighted by Gasteiger charge is 2.15. The van der Waals surface area contributed by atoms with E-state index in [1.807, 2.05) is 18.2 Å². The van der Waals surface area contributed by atoms with Gasteiger partial charge in [-0.1, -0.05) is 77.3 Å². The molecule has 41 heavy (non-hydrogen) atoms. The molecule has 0 radical (unpaired) electrons. The minimum absolute atomic E-state index is 0.367. The molecule has 8 heteroatoms. The summed E-state index contributed by atoms with van der Waals surface area (Å²) in [6.45, 7) is 0.367. The van der Waals surface area contributed by atoms with Crippen molar-refractivity contribution in [3.8, 4) is 5.75 Å². The summed E-state index contributed by atoms with van der Waals surface area (Å²) < 4.78 is 13.2. The van der Waals surface area contributed by atoms with Gasteiger partial charge in [-0.25, -0.2) is 0 Å². The molecule has 202 valence electrons. The topological polar surface area (TPSA) is 57.5 Å². The van der Waals surface area contributed by atoms with E-state index in [1.54, 1.807) is 34.8 Å². The Morgan fingerprint density at radius 3 is 1.88 bits per heavy atom. The number of aryl methyl sites for hydroxylation is 2. The van der Waals surface area contributed by atoms with E-state index in [0.29, 0.717) is 12.1 Å². The van der Waals surface area contributed by atoms with E-state index < -0.39 is 7.12 Å². The number of ether oxygens (including phenoxy) is 1. The number of hydrogen-bond donors (Lipinski definition) is 2. The quantitative estimate of drug-likeness (QED) is 0.189. The summed E-state index contributed by atoms with van der Waals surface area (Å²) in [6, 6.07) is 30.2. The van der Waals surface area contributed by atoms with E-state index in [0.717, 1.165) is 27.4 Å². The van der Waals surface area contributed by atoms with Crippen molar-refractivity contribution in [2.75, 3.05) is 0 Å². The molecule has 0 amide bonds. The largest absolute Gasteiger partial charge is 0.488 e.